The molecule has 2 aliphatic rings. The van der Waals surface area contributed by atoms with Crippen LogP contribution >= 0.6 is 0 Å². The zero-order valence-corrected chi connectivity index (χ0v) is 15.7. The molecule has 0 unspecified atom stereocenters. The van der Waals surface area contributed by atoms with E-state index in [1.807, 2.05) is 60.7 Å². The van der Waals surface area contributed by atoms with E-state index in [2.05, 4.69) is 0 Å². The van der Waals surface area contributed by atoms with Crippen molar-refractivity contribution in [3.63, 3.8) is 0 Å². The van der Waals surface area contributed by atoms with Crippen molar-refractivity contribution in [1.29, 1.82) is 0 Å². The molecule has 0 radical (unpaired) electrons. The van der Waals surface area contributed by atoms with E-state index in [9.17, 15) is 9.59 Å². The summed E-state index contributed by atoms with van der Waals surface area (Å²) >= 11 is 0. The van der Waals surface area contributed by atoms with Crippen molar-refractivity contribution in [2.45, 2.75) is 24.5 Å². The number of carbonyl (C=O) groups is 2. The summed E-state index contributed by atoms with van der Waals surface area (Å²) in [7, 11) is 0. The number of ether oxygens (including phenoxy) is 1. The van der Waals surface area contributed by atoms with E-state index in [0.29, 0.717) is 19.6 Å². The second-order valence-corrected chi connectivity index (χ2v) is 7.46. The van der Waals surface area contributed by atoms with Gasteiger partial charge in [0, 0.05) is 31.6 Å². The second-order valence-electron chi connectivity index (χ2n) is 7.46. The molecule has 2 N–H and O–H groups in total. The number of morpholine rings is 1. The second kappa shape index (κ2) is 8.12. The summed E-state index contributed by atoms with van der Waals surface area (Å²) in [5, 5.41) is 0. The first-order valence-corrected chi connectivity index (χ1v) is 9.64. The molecule has 3 atom stereocenters. The molecule has 2 fully saturated rings. The molecule has 0 spiro atoms. The largest absolute Gasteiger partial charge is 0.369 e. The van der Waals surface area contributed by atoms with Crippen LogP contribution in [0.4, 0.5) is 0 Å². The third-order valence-electron chi connectivity index (χ3n) is 5.58. The Morgan fingerprint density at radius 3 is 2.43 bits per heavy atom. The number of amides is 2. The van der Waals surface area contributed by atoms with Gasteiger partial charge < -0.3 is 20.3 Å². The number of rotatable bonds is 4. The van der Waals surface area contributed by atoms with Gasteiger partial charge in [0.1, 0.15) is 12.6 Å². The third-order valence-corrected chi connectivity index (χ3v) is 5.58. The van der Waals surface area contributed by atoms with Crippen LogP contribution < -0.4 is 5.73 Å². The molecule has 2 aromatic carbocycles. The quantitative estimate of drug-likeness (QED) is 0.871. The van der Waals surface area contributed by atoms with E-state index in [1.165, 1.54) is 0 Å². The highest BCUT2D eigenvalue weighted by Crippen LogP contribution is 2.28. The van der Waals surface area contributed by atoms with Crippen LogP contribution in [-0.2, 0) is 20.9 Å². The molecule has 6 heteroatoms. The molecule has 146 valence electrons. The average Bonchev–Trinajstić information content (AvgIpc) is 3.12. The van der Waals surface area contributed by atoms with Crippen LogP contribution in [0, 0.1) is 0 Å². The fourth-order valence-electron chi connectivity index (χ4n) is 4.06. The molecule has 2 aliphatic heterocycles. The summed E-state index contributed by atoms with van der Waals surface area (Å²) in [6, 6.07) is 19.0. The Morgan fingerprint density at radius 2 is 1.71 bits per heavy atom. The molecule has 2 heterocycles. The van der Waals surface area contributed by atoms with Gasteiger partial charge in [0.25, 0.3) is 0 Å². The van der Waals surface area contributed by atoms with Crippen molar-refractivity contribution < 1.29 is 14.3 Å². The molecule has 28 heavy (non-hydrogen) atoms. The SMILES string of the molecule is N[C@@H]1CN(C(=O)[C@H]2COCC(=O)N2Cc2ccccc2)C[C@H]1c1ccccc1. The molecule has 0 aliphatic carbocycles. The first-order chi connectivity index (χ1) is 13.6. The Morgan fingerprint density at radius 1 is 1.04 bits per heavy atom. The van der Waals surface area contributed by atoms with Gasteiger partial charge in [-0.15, -0.1) is 0 Å². The molecular formula is C22H25N3O3. The third kappa shape index (κ3) is 3.79. The maximum Gasteiger partial charge on any atom is 0.249 e. The normalized spacial score (nSPS) is 25.2. The van der Waals surface area contributed by atoms with E-state index in [4.69, 9.17) is 10.5 Å². The maximum absolute atomic E-state index is 13.3. The van der Waals surface area contributed by atoms with Gasteiger partial charge in [-0.05, 0) is 11.1 Å². The molecule has 2 aromatic rings. The lowest BCUT2D eigenvalue weighted by Crippen LogP contribution is -2.56. The summed E-state index contributed by atoms with van der Waals surface area (Å²) in [5.74, 6) is -0.137. The highest BCUT2D eigenvalue weighted by Gasteiger charge is 2.41. The Kier molecular flexibility index (Phi) is 5.41. The minimum absolute atomic E-state index is 0.0166. The van der Waals surface area contributed by atoms with E-state index < -0.39 is 6.04 Å². The van der Waals surface area contributed by atoms with Gasteiger partial charge in [-0.25, -0.2) is 0 Å². The van der Waals surface area contributed by atoms with Crippen LogP contribution in [0.15, 0.2) is 60.7 Å². The van der Waals surface area contributed by atoms with Crippen LogP contribution in [-0.4, -0.2) is 60.0 Å². The topological polar surface area (TPSA) is 75.9 Å². The smallest absolute Gasteiger partial charge is 0.249 e. The van der Waals surface area contributed by atoms with Crippen molar-refractivity contribution in [3.8, 4) is 0 Å². The number of carbonyl (C=O) groups excluding carboxylic acids is 2. The number of hydrogen-bond donors (Lipinski definition) is 1. The molecule has 0 bridgehead atoms. The molecule has 2 saturated heterocycles. The monoisotopic (exact) mass is 379 g/mol. The van der Waals surface area contributed by atoms with Crippen LogP contribution in [0.5, 0.6) is 0 Å². The average molecular weight is 379 g/mol. The van der Waals surface area contributed by atoms with Gasteiger partial charge in [-0.3, -0.25) is 9.59 Å². The predicted molar refractivity (Wildman–Crippen MR) is 105 cm³/mol. The number of benzene rings is 2. The van der Waals surface area contributed by atoms with Crippen molar-refractivity contribution >= 4 is 11.8 Å². The van der Waals surface area contributed by atoms with Crippen molar-refractivity contribution in [1.82, 2.24) is 9.80 Å². The first-order valence-electron chi connectivity index (χ1n) is 9.64. The van der Waals surface area contributed by atoms with Crippen molar-refractivity contribution in [3.05, 3.63) is 71.8 Å². The summed E-state index contributed by atoms with van der Waals surface area (Å²) < 4.78 is 5.41. The summed E-state index contributed by atoms with van der Waals surface area (Å²) in [6.45, 7) is 1.69. The van der Waals surface area contributed by atoms with Gasteiger partial charge in [0.15, 0.2) is 0 Å². The summed E-state index contributed by atoms with van der Waals surface area (Å²) in [4.78, 5) is 29.2. The zero-order valence-electron chi connectivity index (χ0n) is 15.7. The lowest BCUT2D eigenvalue weighted by atomic mass is 9.95. The molecule has 0 saturated carbocycles. The van der Waals surface area contributed by atoms with Gasteiger partial charge in [-0.1, -0.05) is 60.7 Å². The van der Waals surface area contributed by atoms with Crippen LogP contribution in [0.3, 0.4) is 0 Å². The van der Waals surface area contributed by atoms with Crippen molar-refractivity contribution in [2.24, 2.45) is 5.73 Å². The Balaban J connectivity index is 1.50. The molecule has 4 rings (SSSR count). The zero-order chi connectivity index (χ0) is 19.5. The summed E-state index contributed by atoms with van der Waals surface area (Å²) in [6.07, 6.45) is 0. The van der Waals surface area contributed by atoms with Gasteiger partial charge in [0.2, 0.25) is 11.8 Å². The number of nitrogens with two attached hydrogens (primary N) is 1. The Hall–Kier alpha value is -2.70. The van der Waals surface area contributed by atoms with Gasteiger partial charge >= 0.3 is 0 Å². The fourth-order valence-corrected chi connectivity index (χ4v) is 4.06. The van der Waals surface area contributed by atoms with E-state index in [0.717, 1.165) is 11.1 Å². The minimum Gasteiger partial charge on any atom is -0.369 e. The Bertz CT molecular complexity index is 827. The standard InChI is InChI=1S/C22H25N3O3/c23-19-13-24(12-18(19)17-9-5-2-6-10-17)22(27)20-14-28-15-21(26)25(20)11-16-7-3-1-4-8-16/h1-10,18-20H,11-15,23H2/t18-,19+,20+/m0/s1. The van der Waals surface area contributed by atoms with E-state index >= 15 is 0 Å². The maximum atomic E-state index is 13.3. The highest BCUT2D eigenvalue weighted by atomic mass is 16.5. The molecular weight excluding hydrogens is 354 g/mol. The van der Waals surface area contributed by atoms with Gasteiger partial charge in [0.05, 0.1) is 6.61 Å². The fraction of sp³-hybridized carbons (Fsp3) is 0.364. The predicted octanol–water partition coefficient (Wildman–Crippen LogP) is 1.37. The Labute approximate surface area is 164 Å². The van der Waals surface area contributed by atoms with E-state index in [1.54, 1.807) is 9.80 Å². The molecule has 0 aromatic heterocycles. The van der Waals surface area contributed by atoms with Crippen LogP contribution in [0.25, 0.3) is 0 Å². The van der Waals surface area contributed by atoms with Crippen molar-refractivity contribution in [2.75, 3.05) is 26.3 Å². The number of likely N-dealkylation sites (tertiary alicyclic amines) is 1. The van der Waals surface area contributed by atoms with E-state index in [-0.39, 0.29) is 37.0 Å². The summed E-state index contributed by atoms with van der Waals surface area (Å²) in [5.41, 5.74) is 8.49. The molecule has 2 amide bonds. The lowest BCUT2D eigenvalue weighted by molar-refractivity contribution is -0.159. The first kappa shape index (κ1) is 18.7. The lowest BCUT2D eigenvalue weighted by Gasteiger charge is -2.36. The van der Waals surface area contributed by atoms with Crippen LogP contribution in [0.1, 0.15) is 17.0 Å². The highest BCUT2D eigenvalue weighted by molar-refractivity contribution is 5.89. The van der Waals surface area contributed by atoms with Crippen LogP contribution in [0.2, 0.25) is 0 Å². The van der Waals surface area contributed by atoms with Gasteiger partial charge in [-0.2, -0.15) is 0 Å². The number of hydrogen-bond acceptors (Lipinski definition) is 4. The number of nitrogens with zero attached hydrogens (tertiary/aromatic N) is 2. The minimum atomic E-state index is -0.608. The molecule has 6 nitrogen and oxygen atoms in total.